The predicted molar refractivity (Wildman–Crippen MR) is 59.7 cm³/mol. The molecule has 0 amide bonds. The van der Waals surface area contributed by atoms with Crippen molar-refractivity contribution in [2.75, 3.05) is 0 Å². The average Bonchev–Trinajstić information content (AvgIpc) is 2.31. The summed E-state index contributed by atoms with van der Waals surface area (Å²) >= 11 is 5.73. The molecular formula is C12H7ClO4. The Morgan fingerprint density at radius 1 is 1.12 bits per heavy atom. The molecule has 0 heterocycles. The molecule has 0 aliphatic heterocycles. The van der Waals surface area contributed by atoms with E-state index >= 15 is 0 Å². The van der Waals surface area contributed by atoms with Gasteiger partial charge in [0.2, 0.25) is 17.3 Å². The first-order chi connectivity index (χ1) is 8.02. The van der Waals surface area contributed by atoms with Crippen LogP contribution in [0.5, 0.6) is 0 Å². The fourth-order valence-corrected chi connectivity index (χ4v) is 1.78. The van der Waals surface area contributed by atoms with E-state index in [0.29, 0.717) is 0 Å². The van der Waals surface area contributed by atoms with Crippen molar-refractivity contribution in [3.05, 3.63) is 46.2 Å². The number of hydrogen-bond acceptors (Lipinski definition) is 4. The van der Waals surface area contributed by atoms with Crippen LogP contribution in [-0.4, -0.2) is 17.5 Å². The number of fused-ring (bicyclic) bond motifs is 1. The fourth-order valence-electron chi connectivity index (χ4n) is 1.56. The van der Waals surface area contributed by atoms with Gasteiger partial charge >= 0.3 is 5.97 Å². The zero-order valence-corrected chi connectivity index (χ0v) is 9.58. The van der Waals surface area contributed by atoms with Gasteiger partial charge in [0.15, 0.2) is 0 Å². The van der Waals surface area contributed by atoms with Gasteiger partial charge in [0.05, 0.1) is 0 Å². The summed E-state index contributed by atoms with van der Waals surface area (Å²) < 4.78 is 4.68. The number of rotatable bonds is 1. The number of hydrogen-bond donors (Lipinski definition) is 0. The van der Waals surface area contributed by atoms with Gasteiger partial charge in [0, 0.05) is 18.1 Å². The third kappa shape index (κ3) is 1.87. The van der Waals surface area contributed by atoms with Crippen molar-refractivity contribution in [3.8, 4) is 0 Å². The minimum atomic E-state index is -0.696. The highest BCUT2D eigenvalue weighted by atomic mass is 35.5. The highest BCUT2D eigenvalue weighted by molar-refractivity contribution is 6.49. The number of halogens is 1. The minimum Gasteiger partial charge on any atom is -0.421 e. The van der Waals surface area contributed by atoms with Crippen molar-refractivity contribution >= 4 is 29.1 Å². The third-order valence-corrected chi connectivity index (χ3v) is 2.61. The molecule has 1 aromatic carbocycles. The first-order valence-corrected chi connectivity index (χ1v) is 5.16. The summed E-state index contributed by atoms with van der Waals surface area (Å²) in [4.78, 5) is 34.6. The van der Waals surface area contributed by atoms with Gasteiger partial charge in [0.25, 0.3) is 0 Å². The van der Waals surface area contributed by atoms with Gasteiger partial charge in [0.1, 0.15) is 5.03 Å². The highest BCUT2D eigenvalue weighted by Crippen LogP contribution is 2.28. The Labute approximate surface area is 102 Å². The Balaban J connectivity index is 2.58. The van der Waals surface area contributed by atoms with Crippen LogP contribution in [0, 0.1) is 0 Å². The molecule has 1 aliphatic rings. The summed E-state index contributed by atoms with van der Waals surface area (Å²) in [7, 11) is 0. The topological polar surface area (TPSA) is 60.4 Å². The molecule has 0 radical (unpaired) electrons. The average molecular weight is 251 g/mol. The molecule has 1 aliphatic carbocycles. The maximum Gasteiger partial charge on any atom is 0.308 e. The van der Waals surface area contributed by atoms with E-state index in [0.717, 1.165) is 6.92 Å². The summed E-state index contributed by atoms with van der Waals surface area (Å²) in [6.07, 6.45) is 0. The molecule has 0 aromatic heterocycles. The van der Waals surface area contributed by atoms with Crippen LogP contribution in [0.1, 0.15) is 27.6 Å². The number of ether oxygens (including phenoxy) is 1. The lowest BCUT2D eigenvalue weighted by atomic mass is 9.93. The van der Waals surface area contributed by atoms with Crippen LogP contribution >= 0.6 is 11.6 Å². The maximum atomic E-state index is 11.9. The van der Waals surface area contributed by atoms with Gasteiger partial charge in [-0.1, -0.05) is 35.9 Å². The number of allylic oxidation sites excluding steroid dienone is 2. The molecule has 0 fully saturated rings. The quantitative estimate of drug-likeness (QED) is 0.716. The maximum absolute atomic E-state index is 11.9. The molecule has 0 spiro atoms. The third-order valence-electron chi connectivity index (χ3n) is 2.27. The van der Waals surface area contributed by atoms with Gasteiger partial charge in [-0.05, 0) is 0 Å². The second-order valence-corrected chi connectivity index (χ2v) is 3.82. The van der Waals surface area contributed by atoms with Crippen molar-refractivity contribution in [2.24, 2.45) is 0 Å². The monoisotopic (exact) mass is 250 g/mol. The molecule has 0 atom stereocenters. The fraction of sp³-hybridized carbons (Fsp3) is 0.0833. The van der Waals surface area contributed by atoms with Gasteiger partial charge in [-0.15, -0.1) is 0 Å². The molecule has 4 nitrogen and oxygen atoms in total. The molecule has 17 heavy (non-hydrogen) atoms. The predicted octanol–water partition coefficient (Wildman–Crippen LogP) is 2.08. The molecule has 0 saturated carbocycles. The van der Waals surface area contributed by atoms with E-state index in [-0.39, 0.29) is 16.2 Å². The van der Waals surface area contributed by atoms with Crippen LogP contribution in [0.4, 0.5) is 0 Å². The van der Waals surface area contributed by atoms with Crippen LogP contribution in [0.25, 0.3) is 0 Å². The molecule has 2 rings (SSSR count). The van der Waals surface area contributed by atoms with Crippen LogP contribution in [0.15, 0.2) is 35.1 Å². The summed E-state index contributed by atoms with van der Waals surface area (Å²) in [5.41, 5.74) is 0.413. The van der Waals surface area contributed by atoms with Gasteiger partial charge in [-0.3, -0.25) is 14.4 Å². The summed E-state index contributed by atoms with van der Waals surface area (Å²) in [6, 6.07) is 6.24. The number of ketones is 2. The van der Waals surface area contributed by atoms with E-state index in [4.69, 9.17) is 11.6 Å². The highest BCUT2D eigenvalue weighted by Gasteiger charge is 2.33. The van der Waals surface area contributed by atoms with E-state index in [2.05, 4.69) is 4.74 Å². The first kappa shape index (κ1) is 11.5. The lowest BCUT2D eigenvalue weighted by Gasteiger charge is -2.16. The molecule has 5 heteroatoms. The second kappa shape index (κ2) is 4.14. The molecule has 0 saturated heterocycles. The number of carbonyl (C=O) groups excluding carboxylic acids is 3. The lowest BCUT2D eigenvalue weighted by Crippen LogP contribution is -2.22. The van der Waals surface area contributed by atoms with Gasteiger partial charge < -0.3 is 4.74 Å². The number of benzene rings is 1. The summed E-state index contributed by atoms with van der Waals surface area (Å²) in [6.45, 7) is 1.13. The minimum absolute atomic E-state index is 0.193. The standard InChI is InChI=1S/C12H7ClO4/c1-6(14)17-12-9(13)10(15)7-4-2-3-5-8(7)11(12)16/h2-5H,1H3. The number of Topliss-reactive ketones (excluding diaryl/α,β-unsaturated/α-hetero) is 2. The van der Waals surface area contributed by atoms with Crippen LogP contribution < -0.4 is 0 Å². The van der Waals surface area contributed by atoms with E-state index in [1.54, 1.807) is 12.1 Å². The van der Waals surface area contributed by atoms with E-state index in [9.17, 15) is 14.4 Å². The van der Waals surface area contributed by atoms with Gasteiger partial charge in [-0.25, -0.2) is 0 Å². The largest absolute Gasteiger partial charge is 0.421 e. The van der Waals surface area contributed by atoms with Crippen LogP contribution in [0.2, 0.25) is 0 Å². The Bertz CT molecular complexity index is 572. The van der Waals surface area contributed by atoms with E-state index in [1.807, 2.05) is 0 Å². The first-order valence-electron chi connectivity index (χ1n) is 4.79. The van der Waals surface area contributed by atoms with Crippen molar-refractivity contribution in [1.82, 2.24) is 0 Å². The van der Waals surface area contributed by atoms with Crippen molar-refractivity contribution < 1.29 is 19.1 Å². The van der Waals surface area contributed by atoms with Crippen molar-refractivity contribution in [1.29, 1.82) is 0 Å². The number of carbonyl (C=O) groups is 3. The zero-order chi connectivity index (χ0) is 12.6. The van der Waals surface area contributed by atoms with Crippen LogP contribution in [-0.2, 0) is 9.53 Å². The van der Waals surface area contributed by atoms with E-state index in [1.165, 1.54) is 12.1 Å². The molecule has 0 unspecified atom stereocenters. The molecular weight excluding hydrogens is 244 g/mol. The Kier molecular flexibility index (Phi) is 2.81. The Hall–Kier alpha value is -1.94. The van der Waals surface area contributed by atoms with Gasteiger partial charge in [-0.2, -0.15) is 0 Å². The zero-order valence-electron chi connectivity index (χ0n) is 8.82. The SMILES string of the molecule is CC(=O)OC1=C(Cl)C(=O)c2ccccc2C1=O. The Morgan fingerprint density at radius 2 is 1.65 bits per heavy atom. The Morgan fingerprint density at radius 3 is 2.18 bits per heavy atom. The van der Waals surface area contributed by atoms with Crippen molar-refractivity contribution in [2.45, 2.75) is 6.92 Å². The number of esters is 1. The molecule has 1 aromatic rings. The molecule has 0 N–H and O–H groups in total. The van der Waals surface area contributed by atoms with Crippen LogP contribution in [0.3, 0.4) is 0 Å². The normalized spacial score (nSPS) is 14.7. The van der Waals surface area contributed by atoms with E-state index < -0.39 is 23.3 Å². The molecule has 0 bridgehead atoms. The van der Waals surface area contributed by atoms with Crippen molar-refractivity contribution in [3.63, 3.8) is 0 Å². The second-order valence-electron chi connectivity index (χ2n) is 3.44. The summed E-state index contributed by atoms with van der Waals surface area (Å²) in [5.74, 6) is -2.17. The molecule has 86 valence electrons. The summed E-state index contributed by atoms with van der Waals surface area (Å²) in [5, 5.41) is -0.357. The smallest absolute Gasteiger partial charge is 0.308 e. The lowest BCUT2D eigenvalue weighted by molar-refractivity contribution is -0.136.